The Morgan fingerprint density at radius 1 is 1.00 bits per heavy atom. The Balaban J connectivity index is 1.99. The molecule has 0 saturated heterocycles. The molecule has 3 aromatic rings. The molecule has 8 heteroatoms. The molecule has 0 atom stereocenters. The molecular formula is C23H29N3O4S. The standard InChI is InChI=1S/C23H29N3O4S/c1-6-30-17-10-8-16(9-11-17)22(27)26(15-7-14-25(2)3)23-24-20-18(28-4)12-13-19(29-5)21(20)31-23/h8-13H,6-7,14-15H2,1-5H3. The molecule has 0 spiro atoms. The van der Waals surface area contributed by atoms with Crippen molar-refractivity contribution in [3.63, 3.8) is 0 Å². The van der Waals surface area contributed by atoms with E-state index in [1.807, 2.05) is 45.3 Å². The third kappa shape index (κ3) is 5.26. The highest BCUT2D eigenvalue weighted by Crippen LogP contribution is 2.40. The van der Waals surface area contributed by atoms with E-state index >= 15 is 0 Å². The second-order valence-electron chi connectivity index (χ2n) is 7.22. The predicted octanol–water partition coefficient (Wildman–Crippen LogP) is 4.31. The lowest BCUT2D eigenvalue weighted by atomic mass is 10.2. The van der Waals surface area contributed by atoms with Gasteiger partial charge in [0.25, 0.3) is 5.91 Å². The lowest BCUT2D eigenvalue weighted by Crippen LogP contribution is -2.33. The lowest BCUT2D eigenvalue weighted by Gasteiger charge is -2.21. The maximum Gasteiger partial charge on any atom is 0.260 e. The zero-order valence-electron chi connectivity index (χ0n) is 18.7. The molecule has 1 amide bonds. The third-order valence-corrected chi connectivity index (χ3v) is 5.87. The minimum absolute atomic E-state index is 0.0983. The van der Waals surface area contributed by atoms with E-state index in [0.29, 0.717) is 40.9 Å². The van der Waals surface area contributed by atoms with E-state index in [9.17, 15) is 4.79 Å². The third-order valence-electron chi connectivity index (χ3n) is 4.77. The molecule has 31 heavy (non-hydrogen) atoms. The van der Waals surface area contributed by atoms with Gasteiger partial charge in [-0.3, -0.25) is 9.69 Å². The zero-order chi connectivity index (χ0) is 22.4. The molecule has 0 aliphatic rings. The second-order valence-corrected chi connectivity index (χ2v) is 8.19. The molecule has 0 bridgehead atoms. The normalized spacial score (nSPS) is 11.0. The molecule has 0 unspecified atom stereocenters. The molecule has 1 aromatic heterocycles. The maximum atomic E-state index is 13.5. The fourth-order valence-electron chi connectivity index (χ4n) is 3.24. The smallest absolute Gasteiger partial charge is 0.260 e. The molecule has 3 rings (SSSR count). The first-order valence-electron chi connectivity index (χ1n) is 10.2. The monoisotopic (exact) mass is 443 g/mol. The first kappa shape index (κ1) is 22.8. The lowest BCUT2D eigenvalue weighted by molar-refractivity contribution is 0.0986. The van der Waals surface area contributed by atoms with Crippen LogP contribution in [0.3, 0.4) is 0 Å². The van der Waals surface area contributed by atoms with Gasteiger partial charge in [0.05, 0.1) is 20.8 Å². The molecule has 0 N–H and O–H groups in total. The molecule has 0 aliphatic carbocycles. The van der Waals surface area contributed by atoms with Crippen molar-refractivity contribution in [1.82, 2.24) is 9.88 Å². The van der Waals surface area contributed by atoms with Gasteiger partial charge in [0.15, 0.2) is 5.13 Å². The minimum atomic E-state index is -0.0983. The number of anilines is 1. The van der Waals surface area contributed by atoms with Crippen LogP contribution in [0.5, 0.6) is 17.2 Å². The highest BCUT2D eigenvalue weighted by molar-refractivity contribution is 7.22. The maximum absolute atomic E-state index is 13.5. The summed E-state index contributed by atoms with van der Waals surface area (Å²) in [4.78, 5) is 22.1. The average Bonchev–Trinajstić information content (AvgIpc) is 3.21. The number of nitrogens with zero attached hydrogens (tertiary/aromatic N) is 3. The van der Waals surface area contributed by atoms with Crippen LogP contribution < -0.4 is 19.1 Å². The topological polar surface area (TPSA) is 64.1 Å². The van der Waals surface area contributed by atoms with Crippen LogP contribution in [0.25, 0.3) is 10.2 Å². The molecule has 7 nitrogen and oxygen atoms in total. The first-order valence-corrected chi connectivity index (χ1v) is 11.0. The molecule has 0 radical (unpaired) electrons. The Labute approximate surface area is 187 Å². The Bertz CT molecular complexity index is 977. The number of hydrogen-bond acceptors (Lipinski definition) is 7. The summed E-state index contributed by atoms with van der Waals surface area (Å²) < 4.78 is 17.3. The van der Waals surface area contributed by atoms with E-state index in [0.717, 1.165) is 23.4 Å². The van der Waals surface area contributed by atoms with Gasteiger partial charge < -0.3 is 19.1 Å². The summed E-state index contributed by atoms with van der Waals surface area (Å²) in [6, 6.07) is 10.9. The fraction of sp³-hybridized carbons (Fsp3) is 0.391. The number of carbonyl (C=O) groups is 1. The van der Waals surface area contributed by atoms with Crippen molar-refractivity contribution in [2.24, 2.45) is 0 Å². The molecule has 1 heterocycles. The second kappa shape index (κ2) is 10.5. The van der Waals surface area contributed by atoms with Crippen LogP contribution in [0.1, 0.15) is 23.7 Å². The molecular weight excluding hydrogens is 414 g/mol. The summed E-state index contributed by atoms with van der Waals surface area (Å²) in [7, 11) is 7.28. The van der Waals surface area contributed by atoms with Gasteiger partial charge in [0.1, 0.15) is 27.5 Å². The van der Waals surface area contributed by atoms with Gasteiger partial charge in [-0.1, -0.05) is 11.3 Å². The number of benzene rings is 2. The summed E-state index contributed by atoms with van der Waals surface area (Å²) in [6.07, 6.45) is 0.819. The van der Waals surface area contributed by atoms with Gasteiger partial charge >= 0.3 is 0 Å². The van der Waals surface area contributed by atoms with Gasteiger partial charge in [0, 0.05) is 12.1 Å². The summed E-state index contributed by atoms with van der Waals surface area (Å²) in [6.45, 7) is 3.93. The van der Waals surface area contributed by atoms with Crippen LogP contribution >= 0.6 is 11.3 Å². The molecule has 166 valence electrons. The van der Waals surface area contributed by atoms with Crippen molar-refractivity contribution in [3.8, 4) is 17.2 Å². The van der Waals surface area contributed by atoms with E-state index in [2.05, 4.69) is 4.90 Å². The SMILES string of the molecule is CCOc1ccc(C(=O)N(CCCN(C)C)c2nc3c(OC)ccc(OC)c3s2)cc1. The summed E-state index contributed by atoms with van der Waals surface area (Å²) in [5.74, 6) is 2.01. The van der Waals surface area contributed by atoms with Crippen LogP contribution in [-0.2, 0) is 0 Å². The number of rotatable bonds is 10. The molecule has 0 aliphatic heterocycles. The quantitative estimate of drug-likeness (QED) is 0.465. The Hall–Kier alpha value is -2.84. The van der Waals surface area contributed by atoms with Crippen LogP contribution in [0.4, 0.5) is 5.13 Å². The van der Waals surface area contributed by atoms with Crippen molar-refractivity contribution in [3.05, 3.63) is 42.0 Å². The van der Waals surface area contributed by atoms with Gasteiger partial charge in [-0.15, -0.1) is 0 Å². The number of hydrogen-bond donors (Lipinski definition) is 0. The van der Waals surface area contributed by atoms with Crippen LogP contribution in [0.2, 0.25) is 0 Å². The van der Waals surface area contributed by atoms with Gasteiger partial charge in [-0.2, -0.15) is 0 Å². The van der Waals surface area contributed by atoms with Crippen LogP contribution in [-0.4, -0.2) is 63.8 Å². The summed E-state index contributed by atoms with van der Waals surface area (Å²) >= 11 is 1.43. The summed E-state index contributed by atoms with van der Waals surface area (Å²) in [5, 5.41) is 0.621. The summed E-state index contributed by atoms with van der Waals surface area (Å²) in [5.41, 5.74) is 1.28. The molecule has 2 aromatic carbocycles. The highest BCUT2D eigenvalue weighted by Gasteiger charge is 2.23. The van der Waals surface area contributed by atoms with E-state index < -0.39 is 0 Å². The number of fused-ring (bicyclic) bond motifs is 1. The zero-order valence-corrected chi connectivity index (χ0v) is 19.5. The number of thiazole rings is 1. The van der Waals surface area contributed by atoms with Crippen LogP contribution in [0.15, 0.2) is 36.4 Å². The van der Waals surface area contributed by atoms with Crippen molar-refractivity contribution in [2.45, 2.75) is 13.3 Å². The molecule has 0 saturated carbocycles. The largest absolute Gasteiger partial charge is 0.495 e. The van der Waals surface area contributed by atoms with E-state index in [-0.39, 0.29) is 5.91 Å². The Kier molecular flexibility index (Phi) is 7.70. The van der Waals surface area contributed by atoms with Crippen LogP contribution in [0, 0.1) is 0 Å². The molecule has 0 fully saturated rings. The Morgan fingerprint density at radius 3 is 2.29 bits per heavy atom. The highest BCUT2D eigenvalue weighted by atomic mass is 32.1. The van der Waals surface area contributed by atoms with Gasteiger partial charge in [-0.25, -0.2) is 4.98 Å². The van der Waals surface area contributed by atoms with E-state index in [1.165, 1.54) is 11.3 Å². The fourth-order valence-corrected chi connectivity index (χ4v) is 4.33. The van der Waals surface area contributed by atoms with E-state index in [4.69, 9.17) is 19.2 Å². The van der Waals surface area contributed by atoms with Gasteiger partial charge in [0.2, 0.25) is 0 Å². The van der Waals surface area contributed by atoms with Crippen molar-refractivity contribution < 1.29 is 19.0 Å². The number of aromatic nitrogens is 1. The van der Waals surface area contributed by atoms with Gasteiger partial charge in [-0.05, 0) is 70.4 Å². The van der Waals surface area contributed by atoms with Crippen molar-refractivity contribution >= 4 is 32.6 Å². The number of carbonyl (C=O) groups excluding carboxylic acids is 1. The minimum Gasteiger partial charge on any atom is -0.495 e. The van der Waals surface area contributed by atoms with Crippen molar-refractivity contribution in [2.75, 3.05) is 52.9 Å². The van der Waals surface area contributed by atoms with E-state index in [1.54, 1.807) is 31.3 Å². The Morgan fingerprint density at radius 2 is 1.68 bits per heavy atom. The average molecular weight is 444 g/mol. The number of ether oxygens (including phenoxy) is 3. The van der Waals surface area contributed by atoms with Crippen molar-refractivity contribution in [1.29, 1.82) is 0 Å². The first-order chi connectivity index (χ1) is 15.0. The number of amides is 1. The predicted molar refractivity (Wildman–Crippen MR) is 125 cm³/mol. The number of methoxy groups -OCH3 is 2.